The number of benzene rings is 1. The van der Waals surface area contributed by atoms with Crippen molar-refractivity contribution >= 4 is 30.0 Å². The minimum absolute atomic E-state index is 0.140. The monoisotopic (exact) mass is 390 g/mol. The maximum absolute atomic E-state index is 9.88. The van der Waals surface area contributed by atoms with Crippen molar-refractivity contribution in [2.45, 2.75) is 26.0 Å². The molecule has 3 N–H and O–H groups in total. The summed E-state index contributed by atoms with van der Waals surface area (Å²) in [6.07, 6.45) is 2.37. The lowest BCUT2D eigenvalue weighted by Crippen LogP contribution is -2.38. The molecule has 2 aliphatic heterocycles. The fourth-order valence-corrected chi connectivity index (χ4v) is 3.53. The van der Waals surface area contributed by atoms with E-state index in [9.17, 15) is 15.5 Å². The number of nitrogens with zero attached hydrogens (tertiary/aromatic N) is 4. The largest absolute Gasteiger partial charge is 0.493 e. The molecule has 146 valence electrons. The summed E-state index contributed by atoms with van der Waals surface area (Å²) in [5.41, 5.74) is 3.08. The predicted octanol–water partition coefficient (Wildman–Crippen LogP) is 0.959. The molecular formula is C19H19BN6O3. The van der Waals surface area contributed by atoms with Gasteiger partial charge in [0, 0.05) is 29.5 Å². The highest BCUT2D eigenvalue weighted by atomic mass is 16.5. The van der Waals surface area contributed by atoms with E-state index in [4.69, 9.17) is 9.39 Å². The number of fused-ring (bicyclic) bond motifs is 1. The third kappa shape index (κ3) is 3.87. The summed E-state index contributed by atoms with van der Waals surface area (Å²) in [4.78, 5) is 8.84. The van der Waals surface area contributed by atoms with Crippen LogP contribution in [-0.4, -0.2) is 41.4 Å². The first-order valence-electron chi connectivity index (χ1n) is 9.30. The number of aryl methyl sites for hydroxylation is 1. The second kappa shape index (κ2) is 8.06. The van der Waals surface area contributed by atoms with Gasteiger partial charge in [0.2, 0.25) is 5.95 Å². The van der Waals surface area contributed by atoms with Gasteiger partial charge in [-0.15, -0.1) is 0 Å². The summed E-state index contributed by atoms with van der Waals surface area (Å²) in [5, 5.41) is 35.0. The van der Waals surface area contributed by atoms with Crippen LogP contribution in [0.1, 0.15) is 23.1 Å². The zero-order valence-corrected chi connectivity index (χ0v) is 15.8. The Morgan fingerprint density at radius 3 is 3.00 bits per heavy atom. The van der Waals surface area contributed by atoms with Gasteiger partial charge in [-0.05, 0) is 31.0 Å². The van der Waals surface area contributed by atoms with Gasteiger partial charge in [0.25, 0.3) is 0 Å². The van der Waals surface area contributed by atoms with Gasteiger partial charge in [0.1, 0.15) is 5.82 Å². The van der Waals surface area contributed by atoms with Gasteiger partial charge in [-0.3, -0.25) is 0 Å². The lowest BCUT2D eigenvalue weighted by atomic mass is 9.76. The van der Waals surface area contributed by atoms with Crippen LogP contribution in [0.25, 0.3) is 0 Å². The molecule has 2 aromatic rings. The van der Waals surface area contributed by atoms with Crippen molar-refractivity contribution in [2.24, 2.45) is 5.92 Å². The van der Waals surface area contributed by atoms with E-state index in [1.54, 1.807) is 12.3 Å². The molecule has 1 saturated heterocycles. The zero-order valence-electron chi connectivity index (χ0n) is 15.8. The molecule has 2 aliphatic rings. The fraction of sp³-hybridized carbons (Fsp3) is 0.368. The van der Waals surface area contributed by atoms with Crippen molar-refractivity contribution in [3.8, 4) is 12.1 Å². The van der Waals surface area contributed by atoms with E-state index in [-0.39, 0.29) is 18.6 Å². The third-order valence-electron chi connectivity index (χ3n) is 5.10. The Morgan fingerprint density at radius 1 is 1.34 bits per heavy atom. The van der Waals surface area contributed by atoms with E-state index in [0.717, 1.165) is 11.1 Å². The van der Waals surface area contributed by atoms with Crippen molar-refractivity contribution in [3.63, 3.8) is 0 Å². The molecule has 4 rings (SSSR count). The first-order valence-corrected chi connectivity index (χ1v) is 9.30. The molecule has 1 aromatic carbocycles. The number of aromatic nitrogens is 2. The Hall–Kier alpha value is -3.18. The Morgan fingerprint density at radius 2 is 2.21 bits per heavy atom. The van der Waals surface area contributed by atoms with Crippen molar-refractivity contribution < 1.29 is 14.4 Å². The lowest BCUT2D eigenvalue weighted by molar-refractivity contribution is 0.0698. The van der Waals surface area contributed by atoms with Crippen LogP contribution in [0.15, 0.2) is 18.3 Å². The number of rotatable bonds is 4. The Bertz CT molecular complexity index is 1020. The van der Waals surface area contributed by atoms with E-state index in [1.807, 2.05) is 13.0 Å². The summed E-state index contributed by atoms with van der Waals surface area (Å²) in [6, 6.07) is 7.72. The number of hydrogen-bond donors (Lipinski definition) is 3. The van der Waals surface area contributed by atoms with E-state index in [1.165, 1.54) is 0 Å². The van der Waals surface area contributed by atoms with E-state index >= 15 is 0 Å². The second-order valence-electron chi connectivity index (χ2n) is 7.07. The highest BCUT2D eigenvalue weighted by Crippen LogP contribution is 2.24. The first-order chi connectivity index (χ1) is 14.1. The smallest absolute Gasteiger partial charge is 0.423 e. The quantitative estimate of drug-likeness (QED) is 0.652. The van der Waals surface area contributed by atoms with E-state index in [2.05, 4.69) is 32.7 Å². The molecule has 1 aromatic heterocycles. The van der Waals surface area contributed by atoms with Crippen LogP contribution in [0, 0.1) is 35.5 Å². The molecule has 0 bridgehead atoms. The molecule has 0 spiro atoms. The molecule has 2 atom stereocenters. The maximum atomic E-state index is 9.88. The van der Waals surface area contributed by atoms with Gasteiger partial charge in [-0.1, -0.05) is 0 Å². The Balaban J connectivity index is 1.57. The van der Waals surface area contributed by atoms with Crippen molar-refractivity contribution in [1.29, 1.82) is 10.5 Å². The van der Waals surface area contributed by atoms with Crippen LogP contribution in [0.2, 0.25) is 0 Å². The van der Waals surface area contributed by atoms with Crippen LogP contribution in [0.3, 0.4) is 0 Å². The molecular weight excluding hydrogens is 371 g/mol. The minimum Gasteiger partial charge on any atom is -0.423 e. The van der Waals surface area contributed by atoms with Crippen LogP contribution < -0.4 is 16.1 Å². The molecule has 0 radical (unpaired) electrons. The van der Waals surface area contributed by atoms with Crippen LogP contribution in [0.4, 0.5) is 17.5 Å². The van der Waals surface area contributed by atoms with Gasteiger partial charge in [0.05, 0.1) is 42.9 Å². The van der Waals surface area contributed by atoms with Crippen molar-refractivity contribution in [2.75, 3.05) is 23.8 Å². The topological polar surface area (TPSA) is 136 Å². The van der Waals surface area contributed by atoms with Crippen LogP contribution in [-0.2, 0) is 16.0 Å². The summed E-state index contributed by atoms with van der Waals surface area (Å²) < 4.78 is 10.7. The predicted molar refractivity (Wildman–Crippen MR) is 106 cm³/mol. The second-order valence-corrected chi connectivity index (χ2v) is 7.07. The van der Waals surface area contributed by atoms with Gasteiger partial charge in [-0.2, -0.15) is 15.5 Å². The standard InChI is InChI=1S/C19H19BN6O3/c1-11-8-23-19(26-18(11)25-16-10-28-3-2-12(16)6-21)24-15-4-13(7-22)17-14(5-15)9-29-20(17)27/h4-5,8,12,16,27H,2-3,9-10H2,1H3,(H2,23,24,25,26)/t12-,16+/m0/s1. The molecule has 0 unspecified atom stereocenters. The van der Waals surface area contributed by atoms with Crippen LogP contribution in [0.5, 0.6) is 0 Å². The molecule has 10 heteroatoms. The van der Waals surface area contributed by atoms with E-state index < -0.39 is 7.12 Å². The van der Waals surface area contributed by atoms with Gasteiger partial charge in [-0.25, -0.2) is 4.98 Å². The molecule has 0 saturated carbocycles. The number of nitriles is 2. The minimum atomic E-state index is -1.08. The molecule has 0 amide bonds. The number of nitrogens with one attached hydrogen (secondary N) is 2. The number of hydrogen-bond acceptors (Lipinski definition) is 9. The summed E-state index contributed by atoms with van der Waals surface area (Å²) in [7, 11) is -1.08. The summed E-state index contributed by atoms with van der Waals surface area (Å²) in [5.74, 6) is 0.834. The molecule has 29 heavy (non-hydrogen) atoms. The van der Waals surface area contributed by atoms with Crippen LogP contribution >= 0.6 is 0 Å². The number of anilines is 3. The zero-order chi connectivity index (χ0) is 20.4. The average Bonchev–Trinajstić information content (AvgIpc) is 3.11. The Kier molecular flexibility index (Phi) is 5.32. The normalized spacial score (nSPS) is 20.5. The average molecular weight is 390 g/mol. The first kappa shape index (κ1) is 19.2. The molecule has 9 nitrogen and oxygen atoms in total. The fourth-order valence-electron chi connectivity index (χ4n) is 3.53. The third-order valence-corrected chi connectivity index (χ3v) is 5.10. The van der Waals surface area contributed by atoms with Gasteiger partial charge in [0.15, 0.2) is 0 Å². The SMILES string of the molecule is Cc1cnc(Nc2cc(C#N)c3c(c2)COB3O)nc1N[C@@H]1COCC[C@H]1C#N. The lowest BCUT2D eigenvalue weighted by Gasteiger charge is -2.28. The van der Waals surface area contributed by atoms with Crippen molar-refractivity contribution in [1.82, 2.24) is 9.97 Å². The van der Waals surface area contributed by atoms with Gasteiger partial charge >= 0.3 is 7.12 Å². The Labute approximate surface area is 168 Å². The highest BCUT2D eigenvalue weighted by molar-refractivity contribution is 6.62. The maximum Gasteiger partial charge on any atom is 0.493 e. The highest BCUT2D eigenvalue weighted by Gasteiger charge is 2.31. The molecule has 1 fully saturated rings. The van der Waals surface area contributed by atoms with E-state index in [0.29, 0.717) is 48.1 Å². The summed E-state index contributed by atoms with van der Waals surface area (Å²) in [6.45, 7) is 3.16. The molecule has 3 heterocycles. The van der Waals surface area contributed by atoms with Crippen molar-refractivity contribution in [3.05, 3.63) is 35.0 Å². The molecule has 0 aliphatic carbocycles. The number of ether oxygens (including phenoxy) is 1. The van der Waals surface area contributed by atoms with Gasteiger partial charge < -0.3 is 25.0 Å². The summed E-state index contributed by atoms with van der Waals surface area (Å²) >= 11 is 0.